The average Bonchev–Trinajstić information content (AvgIpc) is 2.92. The van der Waals surface area contributed by atoms with E-state index in [-0.39, 0.29) is 0 Å². The van der Waals surface area contributed by atoms with Crippen molar-refractivity contribution in [2.75, 3.05) is 12.4 Å². The number of anilines is 2. The van der Waals surface area contributed by atoms with Crippen LogP contribution in [0.2, 0.25) is 5.02 Å². The Balaban J connectivity index is 2.16. The molecule has 108 valence electrons. The second-order valence-electron chi connectivity index (χ2n) is 4.61. The molecule has 0 saturated heterocycles. The number of nitrogens with zero attached hydrogens (tertiary/aromatic N) is 4. The van der Waals surface area contributed by atoms with Crippen LogP contribution in [-0.4, -0.2) is 26.7 Å². The molecular formula is C14H14ClN5O. The molecule has 0 spiro atoms. The van der Waals surface area contributed by atoms with Gasteiger partial charge < -0.3 is 10.1 Å². The van der Waals surface area contributed by atoms with Gasteiger partial charge in [-0.25, -0.2) is 4.98 Å². The first kappa shape index (κ1) is 13.6. The number of benzene rings is 1. The van der Waals surface area contributed by atoms with Crippen molar-refractivity contribution in [2.24, 2.45) is 0 Å². The number of aromatic nitrogens is 4. The zero-order valence-electron chi connectivity index (χ0n) is 11.9. The van der Waals surface area contributed by atoms with E-state index in [4.69, 9.17) is 16.3 Å². The summed E-state index contributed by atoms with van der Waals surface area (Å²) in [6, 6.07) is 5.40. The average molecular weight is 304 g/mol. The third kappa shape index (κ3) is 2.38. The highest BCUT2D eigenvalue weighted by molar-refractivity contribution is 6.31. The fourth-order valence-electron chi connectivity index (χ4n) is 2.09. The molecule has 2 aromatic heterocycles. The van der Waals surface area contributed by atoms with Gasteiger partial charge in [0.15, 0.2) is 0 Å². The van der Waals surface area contributed by atoms with Crippen LogP contribution in [0.15, 0.2) is 24.5 Å². The van der Waals surface area contributed by atoms with E-state index in [0.717, 1.165) is 22.8 Å². The predicted octanol–water partition coefficient (Wildman–Crippen LogP) is 3.15. The van der Waals surface area contributed by atoms with Gasteiger partial charge in [0.05, 0.1) is 12.8 Å². The van der Waals surface area contributed by atoms with Gasteiger partial charge in [-0.05, 0) is 32.0 Å². The number of hydrogen-bond donors (Lipinski definition) is 1. The molecule has 0 amide bonds. The largest absolute Gasteiger partial charge is 0.495 e. The first-order valence-electron chi connectivity index (χ1n) is 6.37. The molecule has 0 fully saturated rings. The second-order valence-corrected chi connectivity index (χ2v) is 5.05. The van der Waals surface area contributed by atoms with Crippen LogP contribution < -0.4 is 10.1 Å². The molecule has 0 aliphatic heterocycles. The first-order valence-corrected chi connectivity index (χ1v) is 6.75. The SMILES string of the molecule is COc1ccc(Cl)cc1Nc1c(C)c(C)nc2ncnn12. The highest BCUT2D eigenvalue weighted by atomic mass is 35.5. The minimum absolute atomic E-state index is 0.543. The number of halogens is 1. The molecule has 1 N–H and O–H groups in total. The first-order chi connectivity index (χ1) is 10.1. The van der Waals surface area contributed by atoms with E-state index >= 15 is 0 Å². The maximum atomic E-state index is 6.07. The summed E-state index contributed by atoms with van der Waals surface area (Å²) in [7, 11) is 1.62. The Bertz CT molecular complexity index is 814. The Hall–Kier alpha value is -2.34. The van der Waals surface area contributed by atoms with Crippen LogP contribution in [0.4, 0.5) is 11.5 Å². The van der Waals surface area contributed by atoms with Crippen molar-refractivity contribution in [3.63, 3.8) is 0 Å². The van der Waals surface area contributed by atoms with Crippen molar-refractivity contribution in [3.05, 3.63) is 40.8 Å². The van der Waals surface area contributed by atoms with Gasteiger partial charge in [0.1, 0.15) is 17.9 Å². The fraction of sp³-hybridized carbons (Fsp3) is 0.214. The lowest BCUT2D eigenvalue weighted by atomic mass is 10.2. The van der Waals surface area contributed by atoms with Gasteiger partial charge in [0.25, 0.3) is 5.78 Å². The molecule has 7 heteroatoms. The summed E-state index contributed by atoms with van der Waals surface area (Å²) >= 11 is 6.07. The molecule has 1 aromatic carbocycles. The Morgan fingerprint density at radius 2 is 2.10 bits per heavy atom. The van der Waals surface area contributed by atoms with Gasteiger partial charge in [-0.3, -0.25) is 0 Å². The topological polar surface area (TPSA) is 64.3 Å². The van der Waals surface area contributed by atoms with Crippen LogP contribution in [0.3, 0.4) is 0 Å². The normalized spacial score (nSPS) is 10.9. The monoisotopic (exact) mass is 303 g/mol. The molecule has 0 unspecified atom stereocenters. The highest BCUT2D eigenvalue weighted by Crippen LogP contribution is 2.31. The van der Waals surface area contributed by atoms with Crippen molar-refractivity contribution in [2.45, 2.75) is 13.8 Å². The lowest BCUT2D eigenvalue weighted by Gasteiger charge is -2.15. The molecular weight excluding hydrogens is 290 g/mol. The lowest BCUT2D eigenvalue weighted by molar-refractivity contribution is 0.417. The molecule has 21 heavy (non-hydrogen) atoms. The van der Waals surface area contributed by atoms with Gasteiger partial charge in [-0.15, -0.1) is 0 Å². The number of rotatable bonds is 3. The molecule has 6 nitrogen and oxygen atoms in total. The molecule has 3 aromatic rings. The van der Waals surface area contributed by atoms with Gasteiger partial charge in [0.2, 0.25) is 0 Å². The number of methoxy groups -OCH3 is 1. The van der Waals surface area contributed by atoms with E-state index < -0.39 is 0 Å². The summed E-state index contributed by atoms with van der Waals surface area (Å²) < 4.78 is 7.01. The number of nitrogens with one attached hydrogen (secondary N) is 1. The van der Waals surface area contributed by atoms with Crippen LogP contribution in [0, 0.1) is 13.8 Å². The predicted molar refractivity (Wildman–Crippen MR) is 81.5 cm³/mol. The Morgan fingerprint density at radius 1 is 1.29 bits per heavy atom. The zero-order valence-corrected chi connectivity index (χ0v) is 12.6. The van der Waals surface area contributed by atoms with Crippen molar-refractivity contribution in [1.82, 2.24) is 19.6 Å². The summed E-state index contributed by atoms with van der Waals surface area (Å²) in [6.45, 7) is 3.91. The summed E-state index contributed by atoms with van der Waals surface area (Å²) in [6.07, 6.45) is 1.47. The van der Waals surface area contributed by atoms with Crippen LogP contribution in [-0.2, 0) is 0 Å². The fourth-order valence-corrected chi connectivity index (χ4v) is 2.26. The quantitative estimate of drug-likeness (QED) is 0.805. The van der Waals surface area contributed by atoms with E-state index in [2.05, 4.69) is 20.4 Å². The third-order valence-corrected chi connectivity index (χ3v) is 3.56. The Morgan fingerprint density at radius 3 is 2.86 bits per heavy atom. The maximum Gasteiger partial charge on any atom is 0.254 e. The highest BCUT2D eigenvalue weighted by Gasteiger charge is 2.13. The van der Waals surface area contributed by atoms with Gasteiger partial charge in [0, 0.05) is 16.3 Å². The van der Waals surface area contributed by atoms with E-state index in [1.807, 2.05) is 19.9 Å². The summed E-state index contributed by atoms with van der Waals surface area (Å²) in [5.74, 6) is 2.03. The van der Waals surface area contributed by atoms with E-state index in [9.17, 15) is 0 Å². The Labute approximate surface area is 126 Å². The molecule has 0 aliphatic rings. The molecule has 2 heterocycles. The molecule has 3 rings (SSSR count). The molecule has 0 bridgehead atoms. The number of hydrogen-bond acceptors (Lipinski definition) is 5. The van der Waals surface area contributed by atoms with Gasteiger partial charge in [-0.1, -0.05) is 11.6 Å². The van der Waals surface area contributed by atoms with Crippen molar-refractivity contribution in [3.8, 4) is 5.75 Å². The third-order valence-electron chi connectivity index (χ3n) is 3.32. The van der Waals surface area contributed by atoms with Crippen molar-refractivity contribution < 1.29 is 4.74 Å². The summed E-state index contributed by atoms with van der Waals surface area (Å²) in [5, 5.41) is 8.14. The van der Waals surface area contributed by atoms with Crippen LogP contribution in [0.5, 0.6) is 5.75 Å². The van der Waals surface area contributed by atoms with Crippen molar-refractivity contribution >= 4 is 28.9 Å². The van der Waals surface area contributed by atoms with Crippen LogP contribution in [0.25, 0.3) is 5.78 Å². The minimum Gasteiger partial charge on any atom is -0.495 e. The smallest absolute Gasteiger partial charge is 0.254 e. The van der Waals surface area contributed by atoms with Gasteiger partial charge in [-0.2, -0.15) is 14.6 Å². The molecule has 0 atom stereocenters. The van der Waals surface area contributed by atoms with Crippen molar-refractivity contribution in [1.29, 1.82) is 0 Å². The summed E-state index contributed by atoms with van der Waals surface area (Å²) in [5.41, 5.74) is 2.63. The summed E-state index contributed by atoms with van der Waals surface area (Å²) in [4.78, 5) is 8.52. The molecule has 0 saturated carbocycles. The Kier molecular flexibility index (Phi) is 3.39. The standard InChI is InChI=1S/C14H14ClN5O/c1-8-9(2)18-14-16-7-17-20(14)13(8)19-11-6-10(15)4-5-12(11)21-3/h4-7,19H,1-3H3. The van der Waals surface area contributed by atoms with E-state index in [1.54, 1.807) is 23.8 Å². The van der Waals surface area contributed by atoms with Crippen LogP contribution >= 0.6 is 11.6 Å². The van der Waals surface area contributed by atoms with Gasteiger partial charge >= 0.3 is 0 Å². The van der Waals surface area contributed by atoms with Crippen LogP contribution in [0.1, 0.15) is 11.3 Å². The lowest BCUT2D eigenvalue weighted by Crippen LogP contribution is -2.07. The molecule has 0 radical (unpaired) electrons. The number of ether oxygens (including phenoxy) is 1. The minimum atomic E-state index is 0.543. The van der Waals surface area contributed by atoms with E-state index in [0.29, 0.717) is 16.5 Å². The molecule has 0 aliphatic carbocycles. The van der Waals surface area contributed by atoms with E-state index in [1.165, 1.54) is 6.33 Å². The zero-order chi connectivity index (χ0) is 15.0. The number of aryl methyl sites for hydroxylation is 1. The number of fused-ring (bicyclic) bond motifs is 1. The second kappa shape index (κ2) is 5.21. The maximum absolute atomic E-state index is 6.07.